The van der Waals surface area contributed by atoms with Crippen LogP contribution in [-0.4, -0.2) is 18.4 Å². The van der Waals surface area contributed by atoms with Crippen molar-refractivity contribution < 1.29 is 19.1 Å². The molecule has 1 aliphatic heterocycles. The van der Waals surface area contributed by atoms with Gasteiger partial charge in [-0.3, -0.25) is 4.79 Å². The number of hydrogen-bond donors (Lipinski definition) is 1. The van der Waals surface area contributed by atoms with E-state index in [9.17, 15) is 9.59 Å². The molecule has 0 saturated carbocycles. The number of allylic oxidation sites excluding steroid dienone is 2. The van der Waals surface area contributed by atoms with Crippen LogP contribution < -0.4 is 5.73 Å². The van der Waals surface area contributed by atoms with Crippen molar-refractivity contribution >= 4 is 11.8 Å². The van der Waals surface area contributed by atoms with Gasteiger partial charge in [-0.2, -0.15) is 0 Å². The van der Waals surface area contributed by atoms with Crippen molar-refractivity contribution in [2.24, 2.45) is 11.1 Å². The molecule has 150 valence electrons. The minimum Gasteiger partial charge on any atom is -0.462 e. The maximum atomic E-state index is 13.2. The number of carbonyl (C=O) groups excluding carboxylic acids is 2. The summed E-state index contributed by atoms with van der Waals surface area (Å²) in [6, 6.07) is 4.13. The number of hydrogen-bond acceptors (Lipinski definition) is 5. The summed E-state index contributed by atoms with van der Waals surface area (Å²) in [7, 11) is 0. The molecule has 0 fully saturated rings. The third-order valence-corrected chi connectivity index (χ3v) is 5.48. The number of Topliss-reactive ketones (excluding diaryl/α,β-unsaturated/α-hetero) is 1. The number of ether oxygens (including phenoxy) is 2. The van der Waals surface area contributed by atoms with Crippen molar-refractivity contribution in [2.75, 3.05) is 6.61 Å². The first-order valence-corrected chi connectivity index (χ1v) is 9.74. The van der Waals surface area contributed by atoms with Crippen LogP contribution in [-0.2, 0) is 19.1 Å². The molecule has 0 amide bonds. The molecule has 5 nitrogen and oxygen atoms in total. The summed E-state index contributed by atoms with van der Waals surface area (Å²) in [5, 5.41) is 0. The Labute approximate surface area is 166 Å². The van der Waals surface area contributed by atoms with E-state index in [1.807, 2.05) is 34.6 Å². The quantitative estimate of drug-likeness (QED) is 0.795. The second-order valence-corrected chi connectivity index (χ2v) is 8.62. The predicted molar refractivity (Wildman–Crippen MR) is 107 cm³/mol. The molecule has 1 heterocycles. The summed E-state index contributed by atoms with van der Waals surface area (Å²) < 4.78 is 11.1. The Morgan fingerprint density at radius 1 is 1.21 bits per heavy atom. The number of esters is 1. The number of benzene rings is 1. The summed E-state index contributed by atoms with van der Waals surface area (Å²) in [5.41, 5.74) is 10.9. The van der Waals surface area contributed by atoms with E-state index < -0.39 is 11.9 Å². The molecule has 0 unspecified atom stereocenters. The van der Waals surface area contributed by atoms with Crippen molar-refractivity contribution in [2.45, 2.75) is 60.3 Å². The molecule has 0 spiro atoms. The van der Waals surface area contributed by atoms with Gasteiger partial charge >= 0.3 is 5.97 Å². The molecule has 28 heavy (non-hydrogen) atoms. The normalized spacial score (nSPS) is 21.4. The highest BCUT2D eigenvalue weighted by Gasteiger charge is 2.45. The van der Waals surface area contributed by atoms with E-state index in [1.54, 1.807) is 6.92 Å². The van der Waals surface area contributed by atoms with Crippen molar-refractivity contribution in [3.8, 4) is 0 Å². The van der Waals surface area contributed by atoms with E-state index in [0.29, 0.717) is 24.2 Å². The molecule has 2 aliphatic rings. The Balaban J connectivity index is 2.28. The molecule has 3 rings (SSSR count). The Hall–Kier alpha value is -2.56. The summed E-state index contributed by atoms with van der Waals surface area (Å²) in [6.45, 7) is 12.1. The first kappa shape index (κ1) is 20.2. The Kier molecular flexibility index (Phi) is 5.13. The van der Waals surface area contributed by atoms with Crippen molar-refractivity contribution in [1.82, 2.24) is 0 Å². The molecular formula is C23H29NO4. The molecule has 5 heteroatoms. The van der Waals surface area contributed by atoms with Crippen molar-refractivity contribution in [1.29, 1.82) is 0 Å². The van der Waals surface area contributed by atoms with Gasteiger partial charge in [-0.15, -0.1) is 0 Å². The lowest BCUT2D eigenvalue weighted by Crippen LogP contribution is -2.36. The number of nitrogens with two attached hydrogens (primary N) is 1. The van der Waals surface area contributed by atoms with Crippen LogP contribution in [0.1, 0.15) is 61.8 Å². The second kappa shape index (κ2) is 7.12. The van der Waals surface area contributed by atoms with Gasteiger partial charge in [0.25, 0.3) is 0 Å². The lowest BCUT2D eigenvalue weighted by molar-refractivity contribution is -0.139. The van der Waals surface area contributed by atoms with E-state index in [2.05, 4.69) is 12.1 Å². The molecule has 0 saturated heterocycles. The average molecular weight is 383 g/mol. The second-order valence-electron chi connectivity index (χ2n) is 8.62. The van der Waals surface area contributed by atoms with Crippen LogP contribution >= 0.6 is 0 Å². The monoisotopic (exact) mass is 383 g/mol. The number of rotatable bonds is 3. The van der Waals surface area contributed by atoms with Crippen LogP contribution in [0.5, 0.6) is 0 Å². The molecule has 1 aliphatic carbocycles. The maximum Gasteiger partial charge on any atom is 0.340 e. The smallest absolute Gasteiger partial charge is 0.340 e. The zero-order valence-corrected chi connectivity index (χ0v) is 17.6. The standard InChI is InChI=1S/C23H29NO4/c1-7-27-22(26)20-19(17-13(3)8-12(2)9-14(17)4)18-15(25)10-23(5,6)11-16(18)28-21(20)24/h8-9,19H,7,10-11,24H2,1-6H3/t19-/m1/s1. The van der Waals surface area contributed by atoms with Gasteiger partial charge in [0, 0.05) is 18.4 Å². The SMILES string of the molecule is CCOC(=O)C1=C(N)OC2=C(C(=O)CC(C)(C)C2)[C@H]1c1c(C)cc(C)cc1C. The first-order valence-electron chi connectivity index (χ1n) is 9.74. The van der Waals surface area contributed by atoms with Crippen LogP contribution in [0.15, 0.2) is 34.9 Å². The van der Waals surface area contributed by atoms with Crippen LogP contribution in [0.25, 0.3) is 0 Å². The third kappa shape index (κ3) is 3.46. The van der Waals surface area contributed by atoms with Gasteiger partial charge in [0.15, 0.2) is 5.78 Å². The maximum absolute atomic E-state index is 13.2. The third-order valence-electron chi connectivity index (χ3n) is 5.48. The summed E-state index contributed by atoms with van der Waals surface area (Å²) in [4.78, 5) is 26.0. The predicted octanol–water partition coefficient (Wildman–Crippen LogP) is 4.10. The largest absolute Gasteiger partial charge is 0.462 e. The van der Waals surface area contributed by atoms with Crippen molar-refractivity contribution in [3.63, 3.8) is 0 Å². The van der Waals surface area contributed by atoms with Crippen LogP contribution in [0.4, 0.5) is 0 Å². The van der Waals surface area contributed by atoms with Crippen LogP contribution in [0.3, 0.4) is 0 Å². The Morgan fingerprint density at radius 2 is 1.82 bits per heavy atom. The van der Waals surface area contributed by atoms with E-state index >= 15 is 0 Å². The molecule has 2 N–H and O–H groups in total. The lowest BCUT2D eigenvalue weighted by atomic mass is 9.69. The van der Waals surface area contributed by atoms with Gasteiger partial charge in [-0.1, -0.05) is 31.5 Å². The molecule has 1 aromatic carbocycles. The molecule has 1 aromatic rings. The van der Waals surface area contributed by atoms with E-state index in [1.165, 1.54) is 0 Å². The average Bonchev–Trinajstić information content (AvgIpc) is 2.51. The minimum absolute atomic E-state index is 0.00456. The molecular weight excluding hydrogens is 354 g/mol. The van der Waals surface area contributed by atoms with Gasteiger partial charge in [0.05, 0.1) is 12.5 Å². The zero-order valence-electron chi connectivity index (χ0n) is 17.6. The van der Waals surface area contributed by atoms with Crippen LogP contribution in [0.2, 0.25) is 0 Å². The number of ketones is 1. The van der Waals surface area contributed by atoms with Gasteiger partial charge in [0.2, 0.25) is 5.88 Å². The van der Waals surface area contributed by atoms with Crippen molar-refractivity contribution in [3.05, 3.63) is 57.2 Å². The number of aryl methyl sites for hydroxylation is 3. The zero-order chi connectivity index (χ0) is 20.8. The summed E-state index contributed by atoms with van der Waals surface area (Å²) in [5.74, 6) is -0.478. The molecule has 0 radical (unpaired) electrons. The highest BCUT2D eigenvalue weighted by molar-refractivity contribution is 6.03. The molecule has 1 atom stereocenters. The highest BCUT2D eigenvalue weighted by Crippen LogP contribution is 2.49. The Morgan fingerprint density at radius 3 is 2.39 bits per heavy atom. The van der Waals surface area contributed by atoms with Gasteiger partial charge < -0.3 is 15.2 Å². The molecule has 0 bridgehead atoms. The lowest BCUT2D eigenvalue weighted by Gasteiger charge is -2.38. The fourth-order valence-corrected chi connectivity index (χ4v) is 4.53. The van der Waals surface area contributed by atoms with E-state index in [-0.39, 0.29) is 29.3 Å². The van der Waals surface area contributed by atoms with E-state index in [0.717, 1.165) is 22.3 Å². The highest BCUT2D eigenvalue weighted by atomic mass is 16.5. The first-order chi connectivity index (χ1) is 13.1. The van der Waals surface area contributed by atoms with E-state index in [4.69, 9.17) is 15.2 Å². The Bertz CT molecular complexity index is 898. The minimum atomic E-state index is -0.563. The fourth-order valence-electron chi connectivity index (χ4n) is 4.53. The number of carbonyl (C=O) groups is 2. The van der Waals surface area contributed by atoms with Gasteiger partial charge in [0.1, 0.15) is 11.3 Å². The summed E-state index contributed by atoms with van der Waals surface area (Å²) in [6.07, 6.45) is 1.01. The topological polar surface area (TPSA) is 78.6 Å². The van der Waals surface area contributed by atoms with Crippen LogP contribution in [0, 0.1) is 26.2 Å². The fraction of sp³-hybridized carbons (Fsp3) is 0.478. The summed E-state index contributed by atoms with van der Waals surface area (Å²) >= 11 is 0. The van der Waals surface area contributed by atoms with Gasteiger partial charge in [-0.05, 0) is 49.8 Å². The van der Waals surface area contributed by atoms with Gasteiger partial charge in [-0.25, -0.2) is 4.79 Å². The molecule has 0 aromatic heterocycles.